The van der Waals surface area contributed by atoms with Crippen molar-refractivity contribution in [3.63, 3.8) is 0 Å². The number of nitrogens with one attached hydrogen (secondary N) is 1. The molecule has 0 bridgehead atoms. The second-order valence-corrected chi connectivity index (χ2v) is 10.5. The highest BCUT2D eigenvalue weighted by molar-refractivity contribution is 7.89. The molecule has 0 saturated carbocycles. The number of aromatic nitrogens is 2. The number of hydrogen-bond acceptors (Lipinski definition) is 7. The molecule has 2 aromatic carbocycles. The van der Waals surface area contributed by atoms with E-state index >= 15 is 0 Å². The molecule has 0 radical (unpaired) electrons. The van der Waals surface area contributed by atoms with Gasteiger partial charge in [-0.2, -0.15) is 14.7 Å². The number of rotatable bonds is 10. The van der Waals surface area contributed by atoms with E-state index in [1.165, 1.54) is 10.4 Å². The van der Waals surface area contributed by atoms with Gasteiger partial charge in [0, 0.05) is 50.7 Å². The molecule has 1 amide bonds. The van der Waals surface area contributed by atoms with E-state index in [-0.39, 0.29) is 23.6 Å². The van der Waals surface area contributed by atoms with E-state index in [9.17, 15) is 18.5 Å². The van der Waals surface area contributed by atoms with Crippen LogP contribution in [0.2, 0.25) is 0 Å². The molecule has 11 heteroatoms. The standard InChI is InChI=1S/C27H29N5O5S/c1-36-14-6-11-29-27(33)22(19-28)17-23-20-32(24-8-3-2-4-9-24)30-26(23)21-7-5-10-25(18-21)38(34,35)31-12-15-37-16-13-31/h2-5,7-10,17-18,20H,6,11-16H2,1H3,(H,29,33)/b22-17-. The van der Waals surface area contributed by atoms with Crippen molar-refractivity contribution in [3.05, 3.63) is 71.9 Å². The van der Waals surface area contributed by atoms with Crippen LogP contribution in [0.4, 0.5) is 0 Å². The molecular weight excluding hydrogens is 506 g/mol. The Morgan fingerprint density at radius 1 is 1.18 bits per heavy atom. The quantitative estimate of drug-likeness (QED) is 0.240. The number of sulfonamides is 1. The first-order chi connectivity index (χ1) is 18.4. The Morgan fingerprint density at radius 2 is 1.95 bits per heavy atom. The largest absolute Gasteiger partial charge is 0.385 e. The van der Waals surface area contributed by atoms with Crippen LogP contribution in [0.15, 0.2) is 71.3 Å². The molecule has 2 heterocycles. The van der Waals surface area contributed by atoms with E-state index in [0.29, 0.717) is 49.6 Å². The van der Waals surface area contributed by atoms with E-state index in [1.807, 2.05) is 36.4 Å². The predicted octanol–water partition coefficient (Wildman–Crippen LogP) is 2.62. The fraction of sp³-hybridized carbons (Fsp3) is 0.296. The lowest BCUT2D eigenvalue weighted by Gasteiger charge is -2.26. The summed E-state index contributed by atoms with van der Waals surface area (Å²) in [6.07, 6.45) is 3.79. The van der Waals surface area contributed by atoms with Gasteiger partial charge in [-0.05, 0) is 36.8 Å². The fourth-order valence-corrected chi connectivity index (χ4v) is 5.44. The van der Waals surface area contributed by atoms with Crippen molar-refractivity contribution in [1.29, 1.82) is 5.26 Å². The lowest BCUT2D eigenvalue weighted by molar-refractivity contribution is -0.117. The normalized spacial score (nSPS) is 14.7. The molecular formula is C27H29N5O5S. The number of nitrogens with zero attached hydrogens (tertiary/aromatic N) is 4. The van der Waals surface area contributed by atoms with Crippen LogP contribution >= 0.6 is 0 Å². The van der Waals surface area contributed by atoms with Crippen molar-refractivity contribution in [2.75, 3.05) is 46.6 Å². The molecule has 1 aliphatic rings. The maximum absolute atomic E-state index is 13.3. The summed E-state index contributed by atoms with van der Waals surface area (Å²) in [6, 6.07) is 17.9. The summed E-state index contributed by atoms with van der Waals surface area (Å²) >= 11 is 0. The first kappa shape index (κ1) is 27.2. The Morgan fingerprint density at radius 3 is 2.66 bits per heavy atom. The number of carbonyl (C=O) groups is 1. The fourth-order valence-electron chi connectivity index (χ4n) is 3.99. The van der Waals surface area contributed by atoms with Crippen LogP contribution in [0.1, 0.15) is 12.0 Å². The average molecular weight is 536 g/mol. The molecule has 10 nitrogen and oxygen atoms in total. The molecule has 1 aromatic heterocycles. The number of ether oxygens (including phenoxy) is 2. The van der Waals surface area contributed by atoms with Crippen LogP contribution in [0, 0.1) is 11.3 Å². The molecule has 0 aliphatic carbocycles. The van der Waals surface area contributed by atoms with Crippen molar-refractivity contribution in [3.8, 4) is 23.0 Å². The number of benzene rings is 2. The highest BCUT2D eigenvalue weighted by atomic mass is 32.2. The first-order valence-corrected chi connectivity index (χ1v) is 13.6. The summed E-state index contributed by atoms with van der Waals surface area (Å²) in [5.41, 5.74) is 2.16. The van der Waals surface area contributed by atoms with Crippen LogP contribution in [-0.4, -0.2) is 75.0 Å². The van der Waals surface area contributed by atoms with Gasteiger partial charge in [0.25, 0.3) is 5.91 Å². The Balaban J connectivity index is 1.74. The minimum atomic E-state index is -3.73. The smallest absolute Gasteiger partial charge is 0.261 e. The van der Waals surface area contributed by atoms with Gasteiger partial charge in [-0.3, -0.25) is 4.79 Å². The molecule has 0 spiro atoms. The highest BCUT2D eigenvalue weighted by Gasteiger charge is 2.27. The van der Waals surface area contributed by atoms with Crippen molar-refractivity contribution >= 4 is 22.0 Å². The van der Waals surface area contributed by atoms with E-state index in [1.54, 1.807) is 42.3 Å². The van der Waals surface area contributed by atoms with Crippen LogP contribution in [0.3, 0.4) is 0 Å². The zero-order valence-electron chi connectivity index (χ0n) is 21.0. The van der Waals surface area contributed by atoms with Crippen molar-refractivity contribution in [1.82, 2.24) is 19.4 Å². The number of methoxy groups -OCH3 is 1. The van der Waals surface area contributed by atoms with Crippen molar-refractivity contribution < 1.29 is 22.7 Å². The highest BCUT2D eigenvalue weighted by Crippen LogP contribution is 2.29. The van der Waals surface area contributed by atoms with Crippen LogP contribution in [-0.2, 0) is 24.3 Å². The van der Waals surface area contributed by atoms with Gasteiger partial charge in [-0.15, -0.1) is 0 Å². The maximum atomic E-state index is 13.3. The molecule has 1 N–H and O–H groups in total. The average Bonchev–Trinajstić information content (AvgIpc) is 3.39. The topological polar surface area (TPSA) is 127 Å². The molecule has 4 rings (SSSR count). The molecule has 1 fully saturated rings. The Bertz CT molecular complexity index is 1440. The second kappa shape index (κ2) is 12.6. The summed E-state index contributed by atoms with van der Waals surface area (Å²) in [5.74, 6) is -0.509. The number of morpholine rings is 1. The number of hydrogen-bond donors (Lipinski definition) is 1. The zero-order valence-corrected chi connectivity index (χ0v) is 21.9. The number of para-hydroxylation sites is 1. The Labute approximate surface area is 222 Å². The molecule has 198 valence electrons. The third-order valence-corrected chi connectivity index (χ3v) is 7.85. The lowest BCUT2D eigenvalue weighted by Crippen LogP contribution is -2.40. The second-order valence-electron chi connectivity index (χ2n) is 8.53. The van der Waals surface area contributed by atoms with Gasteiger partial charge in [-0.25, -0.2) is 13.1 Å². The Kier molecular flexibility index (Phi) is 9.04. The van der Waals surface area contributed by atoms with Crippen LogP contribution in [0.5, 0.6) is 0 Å². The zero-order chi connectivity index (χ0) is 27.0. The van der Waals surface area contributed by atoms with Crippen LogP contribution < -0.4 is 5.32 Å². The molecule has 1 saturated heterocycles. The van der Waals surface area contributed by atoms with E-state index < -0.39 is 15.9 Å². The predicted molar refractivity (Wildman–Crippen MR) is 142 cm³/mol. The van der Waals surface area contributed by atoms with Crippen molar-refractivity contribution in [2.24, 2.45) is 0 Å². The van der Waals surface area contributed by atoms with Crippen LogP contribution in [0.25, 0.3) is 23.0 Å². The van der Waals surface area contributed by atoms with Crippen molar-refractivity contribution in [2.45, 2.75) is 11.3 Å². The van der Waals surface area contributed by atoms with Gasteiger partial charge in [0.15, 0.2) is 0 Å². The molecule has 3 aromatic rings. The van der Waals surface area contributed by atoms with Gasteiger partial charge < -0.3 is 14.8 Å². The maximum Gasteiger partial charge on any atom is 0.261 e. The molecule has 1 aliphatic heterocycles. The number of amides is 1. The summed E-state index contributed by atoms with van der Waals surface area (Å²) in [7, 11) is -2.15. The SMILES string of the molecule is COCCCNC(=O)/C(C#N)=C\c1cn(-c2ccccc2)nc1-c1cccc(S(=O)(=O)N2CCOCC2)c1. The molecule has 0 atom stereocenters. The summed E-state index contributed by atoms with van der Waals surface area (Å²) in [4.78, 5) is 12.8. The Hall–Kier alpha value is -3.82. The third kappa shape index (κ3) is 6.35. The summed E-state index contributed by atoms with van der Waals surface area (Å²) in [5, 5.41) is 17.1. The summed E-state index contributed by atoms with van der Waals surface area (Å²) < 4.78 is 39.9. The molecule has 0 unspecified atom stereocenters. The monoisotopic (exact) mass is 535 g/mol. The van der Waals surface area contributed by atoms with Gasteiger partial charge >= 0.3 is 0 Å². The lowest BCUT2D eigenvalue weighted by atomic mass is 10.1. The van der Waals surface area contributed by atoms with E-state index in [2.05, 4.69) is 5.32 Å². The minimum Gasteiger partial charge on any atom is -0.385 e. The van der Waals surface area contributed by atoms with Gasteiger partial charge in [0.2, 0.25) is 10.0 Å². The third-order valence-electron chi connectivity index (χ3n) is 5.95. The van der Waals surface area contributed by atoms with E-state index in [0.717, 1.165) is 5.69 Å². The van der Waals surface area contributed by atoms with Gasteiger partial charge in [0.1, 0.15) is 17.3 Å². The molecule has 38 heavy (non-hydrogen) atoms. The van der Waals surface area contributed by atoms with E-state index in [4.69, 9.17) is 14.6 Å². The van der Waals surface area contributed by atoms with Gasteiger partial charge in [-0.1, -0.05) is 30.3 Å². The number of carbonyl (C=O) groups excluding carboxylic acids is 1. The minimum absolute atomic E-state index is 0.0895. The summed E-state index contributed by atoms with van der Waals surface area (Å²) in [6.45, 7) is 2.12. The number of nitriles is 1. The van der Waals surface area contributed by atoms with Gasteiger partial charge in [0.05, 0.1) is 23.8 Å². The first-order valence-electron chi connectivity index (χ1n) is 12.2.